The van der Waals surface area contributed by atoms with E-state index in [9.17, 15) is 0 Å². The fraction of sp³-hybridized carbons (Fsp3) is 0.538. The van der Waals surface area contributed by atoms with Gasteiger partial charge < -0.3 is 24.7 Å². The highest BCUT2D eigenvalue weighted by Gasteiger charge is 2.24. The average Bonchev–Trinajstić information content (AvgIpc) is 2.46. The Kier molecular flexibility index (Phi) is 4.41. The van der Waals surface area contributed by atoms with Crippen molar-refractivity contribution >= 4 is 0 Å². The average molecular weight is 253 g/mol. The Balaban J connectivity index is 2.19. The van der Waals surface area contributed by atoms with Crippen LogP contribution in [-0.4, -0.2) is 40.1 Å². The van der Waals surface area contributed by atoms with E-state index in [0.29, 0.717) is 19.8 Å². The van der Waals surface area contributed by atoms with Gasteiger partial charge in [-0.3, -0.25) is 0 Å². The van der Waals surface area contributed by atoms with E-state index < -0.39 is 0 Å². The van der Waals surface area contributed by atoms with Gasteiger partial charge in [-0.2, -0.15) is 0 Å². The van der Waals surface area contributed by atoms with Crippen LogP contribution >= 0.6 is 0 Å². The summed E-state index contributed by atoms with van der Waals surface area (Å²) in [4.78, 5) is 0. The molecule has 1 heterocycles. The summed E-state index contributed by atoms with van der Waals surface area (Å²) < 4.78 is 21.4. The van der Waals surface area contributed by atoms with Crippen LogP contribution < -0.4 is 15.2 Å². The Morgan fingerprint density at radius 2 is 1.83 bits per heavy atom. The molecule has 0 saturated carbocycles. The highest BCUT2D eigenvalue weighted by molar-refractivity contribution is 5.40. The van der Waals surface area contributed by atoms with Crippen molar-refractivity contribution in [2.45, 2.75) is 12.1 Å². The van der Waals surface area contributed by atoms with E-state index in [1.54, 1.807) is 14.2 Å². The van der Waals surface area contributed by atoms with Crippen molar-refractivity contribution in [1.82, 2.24) is 0 Å². The first-order chi connectivity index (χ1) is 8.74. The quantitative estimate of drug-likeness (QED) is 0.871. The topological polar surface area (TPSA) is 62.9 Å². The zero-order valence-electron chi connectivity index (χ0n) is 10.7. The Bertz CT molecular complexity index is 368. The SMILES string of the molecule is COc1cc(OC)cc(C(N)C2COCCO2)c1. The molecule has 0 amide bonds. The molecule has 18 heavy (non-hydrogen) atoms. The molecule has 0 aliphatic carbocycles. The van der Waals surface area contributed by atoms with Gasteiger partial charge in [0.2, 0.25) is 0 Å². The highest BCUT2D eigenvalue weighted by atomic mass is 16.6. The van der Waals surface area contributed by atoms with E-state index in [-0.39, 0.29) is 12.1 Å². The van der Waals surface area contributed by atoms with E-state index in [1.165, 1.54) is 0 Å². The second-order valence-electron chi connectivity index (χ2n) is 4.16. The number of methoxy groups -OCH3 is 2. The van der Waals surface area contributed by atoms with Crippen LogP contribution in [0.15, 0.2) is 18.2 Å². The lowest BCUT2D eigenvalue weighted by molar-refractivity contribution is -0.0975. The number of hydrogen-bond donors (Lipinski definition) is 1. The number of nitrogens with two attached hydrogens (primary N) is 1. The predicted octanol–water partition coefficient (Wildman–Crippen LogP) is 1.12. The summed E-state index contributed by atoms with van der Waals surface area (Å²) in [5.41, 5.74) is 7.12. The third kappa shape index (κ3) is 2.93. The van der Waals surface area contributed by atoms with Gasteiger partial charge in [-0.25, -0.2) is 0 Å². The van der Waals surface area contributed by atoms with Crippen LogP contribution in [0.4, 0.5) is 0 Å². The molecule has 0 aromatic heterocycles. The number of benzene rings is 1. The summed E-state index contributed by atoms with van der Waals surface area (Å²) >= 11 is 0. The van der Waals surface area contributed by atoms with Crippen molar-refractivity contribution in [3.63, 3.8) is 0 Å². The van der Waals surface area contributed by atoms with Crippen LogP contribution in [0.1, 0.15) is 11.6 Å². The van der Waals surface area contributed by atoms with Gasteiger partial charge >= 0.3 is 0 Å². The summed E-state index contributed by atoms with van der Waals surface area (Å²) in [5.74, 6) is 1.44. The van der Waals surface area contributed by atoms with Crippen molar-refractivity contribution in [2.75, 3.05) is 34.0 Å². The maximum atomic E-state index is 6.20. The molecule has 5 nitrogen and oxygen atoms in total. The van der Waals surface area contributed by atoms with E-state index in [2.05, 4.69) is 0 Å². The van der Waals surface area contributed by atoms with Gasteiger partial charge in [0.1, 0.15) is 17.6 Å². The summed E-state index contributed by atoms with van der Waals surface area (Å²) in [5, 5.41) is 0. The van der Waals surface area contributed by atoms with Crippen LogP contribution in [0.2, 0.25) is 0 Å². The second kappa shape index (κ2) is 6.04. The molecule has 1 aliphatic rings. The molecule has 1 aromatic carbocycles. The number of hydrogen-bond acceptors (Lipinski definition) is 5. The van der Waals surface area contributed by atoms with Crippen LogP contribution in [0, 0.1) is 0 Å². The van der Waals surface area contributed by atoms with Gasteiger partial charge in [-0.15, -0.1) is 0 Å². The van der Waals surface area contributed by atoms with Crippen molar-refractivity contribution in [1.29, 1.82) is 0 Å². The molecule has 2 unspecified atom stereocenters. The fourth-order valence-corrected chi connectivity index (χ4v) is 1.95. The molecule has 2 N–H and O–H groups in total. The van der Waals surface area contributed by atoms with Gasteiger partial charge in [-0.05, 0) is 17.7 Å². The highest BCUT2D eigenvalue weighted by Crippen LogP contribution is 2.28. The Morgan fingerprint density at radius 3 is 2.33 bits per heavy atom. The summed E-state index contributed by atoms with van der Waals surface area (Å²) in [7, 11) is 3.23. The molecule has 1 aliphatic heterocycles. The zero-order chi connectivity index (χ0) is 13.0. The first-order valence-electron chi connectivity index (χ1n) is 5.92. The van der Waals surface area contributed by atoms with E-state index in [0.717, 1.165) is 17.1 Å². The Hall–Kier alpha value is -1.30. The van der Waals surface area contributed by atoms with Crippen LogP contribution in [0.5, 0.6) is 11.5 Å². The van der Waals surface area contributed by atoms with E-state index >= 15 is 0 Å². The molecular formula is C13H19NO4. The largest absolute Gasteiger partial charge is 0.497 e. The molecule has 5 heteroatoms. The first-order valence-corrected chi connectivity index (χ1v) is 5.92. The summed E-state index contributed by atoms with van der Waals surface area (Å²) in [6, 6.07) is 5.35. The van der Waals surface area contributed by atoms with E-state index in [4.69, 9.17) is 24.7 Å². The monoisotopic (exact) mass is 253 g/mol. The molecule has 0 bridgehead atoms. The fourth-order valence-electron chi connectivity index (χ4n) is 1.95. The minimum absolute atomic E-state index is 0.129. The van der Waals surface area contributed by atoms with Crippen molar-refractivity contribution < 1.29 is 18.9 Å². The minimum Gasteiger partial charge on any atom is -0.497 e. The Morgan fingerprint density at radius 1 is 1.17 bits per heavy atom. The first kappa shape index (κ1) is 13.1. The van der Waals surface area contributed by atoms with Crippen LogP contribution in [0.25, 0.3) is 0 Å². The minimum atomic E-state index is -0.255. The maximum Gasteiger partial charge on any atom is 0.122 e. The predicted molar refractivity (Wildman–Crippen MR) is 67.0 cm³/mol. The maximum absolute atomic E-state index is 6.20. The molecule has 0 radical (unpaired) electrons. The van der Waals surface area contributed by atoms with E-state index in [1.807, 2.05) is 18.2 Å². The second-order valence-corrected chi connectivity index (χ2v) is 4.16. The third-order valence-electron chi connectivity index (χ3n) is 3.00. The smallest absolute Gasteiger partial charge is 0.122 e. The molecule has 100 valence electrons. The molecule has 2 rings (SSSR count). The van der Waals surface area contributed by atoms with Crippen molar-refractivity contribution in [3.8, 4) is 11.5 Å². The Labute approximate surface area is 107 Å². The molecule has 0 spiro atoms. The number of rotatable bonds is 4. The lowest BCUT2D eigenvalue weighted by Crippen LogP contribution is -2.37. The normalized spacial score (nSPS) is 21.4. The lowest BCUT2D eigenvalue weighted by atomic mass is 10.0. The molecular weight excluding hydrogens is 234 g/mol. The molecule has 2 atom stereocenters. The molecule has 1 aromatic rings. The van der Waals surface area contributed by atoms with Crippen LogP contribution in [-0.2, 0) is 9.47 Å². The van der Waals surface area contributed by atoms with Gasteiger partial charge in [0.15, 0.2) is 0 Å². The van der Waals surface area contributed by atoms with Crippen LogP contribution in [0.3, 0.4) is 0 Å². The lowest BCUT2D eigenvalue weighted by Gasteiger charge is -2.28. The van der Waals surface area contributed by atoms with Crippen molar-refractivity contribution in [2.24, 2.45) is 5.73 Å². The summed E-state index contributed by atoms with van der Waals surface area (Å²) in [6.45, 7) is 1.73. The zero-order valence-corrected chi connectivity index (χ0v) is 10.7. The summed E-state index contributed by atoms with van der Waals surface area (Å²) in [6.07, 6.45) is -0.129. The third-order valence-corrected chi connectivity index (χ3v) is 3.00. The molecule has 1 saturated heterocycles. The van der Waals surface area contributed by atoms with Gasteiger partial charge in [0.05, 0.1) is 40.1 Å². The van der Waals surface area contributed by atoms with Crippen molar-refractivity contribution in [3.05, 3.63) is 23.8 Å². The molecule has 1 fully saturated rings. The standard InChI is InChI=1S/C13H19NO4/c1-15-10-5-9(6-11(7-10)16-2)13(14)12-8-17-3-4-18-12/h5-7,12-13H,3-4,8,14H2,1-2H3. The van der Waals surface area contributed by atoms with Gasteiger partial charge in [0, 0.05) is 6.07 Å². The van der Waals surface area contributed by atoms with Gasteiger partial charge in [0.25, 0.3) is 0 Å². The number of ether oxygens (including phenoxy) is 4. The van der Waals surface area contributed by atoms with Gasteiger partial charge in [-0.1, -0.05) is 0 Å².